The molecule has 0 saturated heterocycles. The number of hydrogen-bond acceptors (Lipinski definition) is 2. The standard InChI is InChI=1S/C18H16N2O/c1-11-14(5-6-16-15(11)3-2-4-17(16)21)13-9-12-7-8-19-18(12)20-10-13/h5-10H,2-4H2,1H3,(H,19,20). The molecule has 0 saturated carbocycles. The van der Waals surface area contributed by atoms with E-state index in [9.17, 15) is 4.79 Å². The molecule has 0 fully saturated rings. The van der Waals surface area contributed by atoms with Gasteiger partial charge in [-0.2, -0.15) is 0 Å². The number of fused-ring (bicyclic) bond motifs is 2. The lowest BCUT2D eigenvalue weighted by molar-refractivity contribution is 0.0972. The van der Waals surface area contributed by atoms with Crippen LogP contribution in [0.2, 0.25) is 0 Å². The normalized spacial score (nSPS) is 14.4. The molecule has 0 spiro atoms. The molecule has 2 aromatic heterocycles. The molecule has 0 amide bonds. The summed E-state index contributed by atoms with van der Waals surface area (Å²) in [6, 6.07) is 8.23. The number of Topliss-reactive ketones (excluding diaryl/α,β-unsaturated/α-hetero) is 1. The lowest BCUT2D eigenvalue weighted by Gasteiger charge is -2.19. The van der Waals surface area contributed by atoms with Gasteiger partial charge in [0.1, 0.15) is 5.65 Å². The van der Waals surface area contributed by atoms with Gasteiger partial charge in [-0.05, 0) is 48.6 Å². The SMILES string of the molecule is Cc1c(-c2cnc3[nH]ccc3c2)ccc2c1CCCC2=O. The number of carbonyl (C=O) groups is 1. The highest BCUT2D eigenvalue weighted by Crippen LogP contribution is 2.32. The smallest absolute Gasteiger partial charge is 0.163 e. The number of rotatable bonds is 1. The number of aromatic amines is 1. The van der Waals surface area contributed by atoms with E-state index in [2.05, 4.69) is 29.0 Å². The minimum Gasteiger partial charge on any atom is -0.346 e. The molecule has 1 aliphatic carbocycles. The molecule has 0 aliphatic heterocycles. The third-order valence-electron chi connectivity index (χ3n) is 4.44. The van der Waals surface area contributed by atoms with Crippen LogP contribution in [-0.2, 0) is 6.42 Å². The second-order valence-corrected chi connectivity index (χ2v) is 5.68. The molecule has 0 radical (unpaired) electrons. The van der Waals surface area contributed by atoms with Crippen LogP contribution in [0.1, 0.15) is 34.3 Å². The Bertz CT molecular complexity index is 861. The number of nitrogens with one attached hydrogen (secondary N) is 1. The summed E-state index contributed by atoms with van der Waals surface area (Å²) in [6.45, 7) is 2.12. The van der Waals surface area contributed by atoms with E-state index in [1.807, 2.05) is 24.5 Å². The molecular formula is C18H16N2O. The third-order valence-corrected chi connectivity index (χ3v) is 4.44. The van der Waals surface area contributed by atoms with Crippen LogP contribution in [-0.4, -0.2) is 15.8 Å². The summed E-state index contributed by atoms with van der Waals surface area (Å²) in [6.07, 6.45) is 6.45. The van der Waals surface area contributed by atoms with Crippen LogP contribution in [0.25, 0.3) is 22.2 Å². The van der Waals surface area contributed by atoms with Crippen LogP contribution < -0.4 is 0 Å². The number of nitrogens with zero attached hydrogens (tertiary/aromatic N) is 1. The van der Waals surface area contributed by atoms with Gasteiger partial charge in [-0.15, -0.1) is 0 Å². The third kappa shape index (κ3) is 1.88. The monoisotopic (exact) mass is 276 g/mol. The van der Waals surface area contributed by atoms with Crippen molar-refractivity contribution in [3.8, 4) is 11.1 Å². The Kier molecular flexibility index (Phi) is 2.67. The second-order valence-electron chi connectivity index (χ2n) is 5.68. The molecule has 3 heteroatoms. The van der Waals surface area contributed by atoms with Crippen LogP contribution in [0, 0.1) is 6.92 Å². The van der Waals surface area contributed by atoms with Gasteiger partial charge in [0.25, 0.3) is 0 Å². The highest BCUT2D eigenvalue weighted by atomic mass is 16.1. The predicted octanol–water partition coefficient (Wildman–Crippen LogP) is 4.06. The van der Waals surface area contributed by atoms with E-state index in [0.717, 1.165) is 35.0 Å². The van der Waals surface area contributed by atoms with E-state index in [4.69, 9.17) is 0 Å². The lowest BCUT2D eigenvalue weighted by Crippen LogP contribution is -2.12. The van der Waals surface area contributed by atoms with Crippen LogP contribution in [0.15, 0.2) is 36.7 Å². The highest BCUT2D eigenvalue weighted by Gasteiger charge is 2.20. The van der Waals surface area contributed by atoms with Gasteiger partial charge in [0.15, 0.2) is 5.78 Å². The summed E-state index contributed by atoms with van der Waals surface area (Å²) < 4.78 is 0. The van der Waals surface area contributed by atoms with Gasteiger partial charge in [-0.1, -0.05) is 12.1 Å². The number of hydrogen-bond donors (Lipinski definition) is 1. The molecule has 0 atom stereocenters. The Morgan fingerprint density at radius 2 is 2.00 bits per heavy atom. The van der Waals surface area contributed by atoms with Crippen LogP contribution in [0.3, 0.4) is 0 Å². The fourth-order valence-corrected chi connectivity index (χ4v) is 3.30. The van der Waals surface area contributed by atoms with Gasteiger partial charge in [0.2, 0.25) is 0 Å². The van der Waals surface area contributed by atoms with E-state index in [1.165, 1.54) is 16.7 Å². The van der Waals surface area contributed by atoms with E-state index < -0.39 is 0 Å². The van der Waals surface area contributed by atoms with E-state index in [1.54, 1.807) is 0 Å². The number of H-pyrrole nitrogens is 1. The molecule has 2 heterocycles. The topological polar surface area (TPSA) is 45.8 Å². The van der Waals surface area contributed by atoms with Gasteiger partial charge in [0, 0.05) is 35.3 Å². The molecule has 0 unspecified atom stereocenters. The van der Waals surface area contributed by atoms with Crippen LogP contribution in [0.5, 0.6) is 0 Å². The Hall–Kier alpha value is -2.42. The largest absolute Gasteiger partial charge is 0.346 e. The Morgan fingerprint density at radius 1 is 1.14 bits per heavy atom. The average molecular weight is 276 g/mol. The van der Waals surface area contributed by atoms with Crippen molar-refractivity contribution >= 4 is 16.8 Å². The number of ketones is 1. The van der Waals surface area contributed by atoms with Crippen molar-refractivity contribution in [2.24, 2.45) is 0 Å². The fourth-order valence-electron chi connectivity index (χ4n) is 3.30. The maximum atomic E-state index is 12.0. The summed E-state index contributed by atoms with van der Waals surface area (Å²) in [4.78, 5) is 19.6. The zero-order valence-electron chi connectivity index (χ0n) is 11.9. The molecule has 1 aliphatic rings. The highest BCUT2D eigenvalue weighted by molar-refractivity contribution is 5.99. The van der Waals surface area contributed by atoms with Crippen molar-refractivity contribution in [3.63, 3.8) is 0 Å². The van der Waals surface area contributed by atoms with Gasteiger partial charge >= 0.3 is 0 Å². The van der Waals surface area contributed by atoms with Gasteiger partial charge in [0.05, 0.1) is 0 Å². The average Bonchev–Trinajstić information content (AvgIpc) is 2.96. The van der Waals surface area contributed by atoms with Crippen molar-refractivity contribution in [2.45, 2.75) is 26.2 Å². The van der Waals surface area contributed by atoms with E-state index in [-0.39, 0.29) is 5.78 Å². The first-order valence-corrected chi connectivity index (χ1v) is 7.33. The number of pyridine rings is 1. The molecular weight excluding hydrogens is 260 g/mol. The molecule has 3 aromatic rings. The summed E-state index contributed by atoms with van der Waals surface area (Å²) in [5.41, 5.74) is 6.55. The molecule has 1 aromatic carbocycles. The molecule has 4 rings (SSSR count). The summed E-state index contributed by atoms with van der Waals surface area (Å²) >= 11 is 0. The van der Waals surface area contributed by atoms with Crippen molar-refractivity contribution in [2.75, 3.05) is 0 Å². The number of aromatic nitrogens is 2. The van der Waals surface area contributed by atoms with E-state index >= 15 is 0 Å². The van der Waals surface area contributed by atoms with Crippen LogP contribution >= 0.6 is 0 Å². The fraction of sp³-hybridized carbons (Fsp3) is 0.222. The van der Waals surface area contributed by atoms with Crippen molar-refractivity contribution in [1.29, 1.82) is 0 Å². The number of benzene rings is 1. The van der Waals surface area contributed by atoms with Crippen molar-refractivity contribution < 1.29 is 4.79 Å². The zero-order valence-corrected chi connectivity index (χ0v) is 11.9. The van der Waals surface area contributed by atoms with Crippen LogP contribution in [0.4, 0.5) is 0 Å². The Balaban J connectivity index is 1.90. The zero-order chi connectivity index (χ0) is 14.4. The second kappa shape index (κ2) is 4.55. The van der Waals surface area contributed by atoms with Gasteiger partial charge in [-0.25, -0.2) is 4.98 Å². The first-order chi connectivity index (χ1) is 10.2. The molecule has 1 N–H and O–H groups in total. The first-order valence-electron chi connectivity index (χ1n) is 7.33. The predicted molar refractivity (Wildman–Crippen MR) is 83.5 cm³/mol. The molecule has 21 heavy (non-hydrogen) atoms. The Labute approximate surface area is 123 Å². The summed E-state index contributed by atoms with van der Waals surface area (Å²) in [5.74, 6) is 0.283. The minimum absolute atomic E-state index is 0.283. The maximum Gasteiger partial charge on any atom is 0.163 e. The van der Waals surface area contributed by atoms with Crippen molar-refractivity contribution in [3.05, 3.63) is 53.3 Å². The van der Waals surface area contributed by atoms with Gasteiger partial charge < -0.3 is 4.98 Å². The molecule has 0 bridgehead atoms. The van der Waals surface area contributed by atoms with E-state index in [0.29, 0.717) is 6.42 Å². The number of carbonyl (C=O) groups excluding carboxylic acids is 1. The summed E-state index contributed by atoms with van der Waals surface area (Å²) in [5, 5.41) is 1.11. The molecule has 104 valence electrons. The molecule has 3 nitrogen and oxygen atoms in total. The first kappa shape index (κ1) is 12.3. The Morgan fingerprint density at radius 3 is 2.90 bits per heavy atom. The van der Waals surface area contributed by atoms with Crippen molar-refractivity contribution in [1.82, 2.24) is 9.97 Å². The quantitative estimate of drug-likeness (QED) is 0.728. The summed E-state index contributed by atoms with van der Waals surface area (Å²) in [7, 11) is 0. The minimum atomic E-state index is 0.283. The maximum absolute atomic E-state index is 12.0. The van der Waals surface area contributed by atoms with Gasteiger partial charge in [-0.3, -0.25) is 4.79 Å². The lowest BCUT2D eigenvalue weighted by atomic mass is 9.84.